The Morgan fingerprint density at radius 2 is 1.88 bits per heavy atom. The molecule has 86 valence electrons. The van der Waals surface area contributed by atoms with E-state index in [2.05, 4.69) is 10.6 Å². The number of nitrogens with two attached hydrogens (primary N) is 1. The lowest BCUT2D eigenvalue weighted by Gasteiger charge is -2.05. The lowest BCUT2D eigenvalue weighted by atomic mass is 10.2. The van der Waals surface area contributed by atoms with E-state index in [1.807, 2.05) is 0 Å². The van der Waals surface area contributed by atoms with Crippen LogP contribution in [0.5, 0.6) is 0 Å². The van der Waals surface area contributed by atoms with Gasteiger partial charge >= 0.3 is 6.03 Å². The molecule has 0 unspecified atom stereocenters. The van der Waals surface area contributed by atoms with Gasteiger partial charge in [0, 0.05) is 12.2 Å². The van der Waals surface area contributed by atoms with Crippen LogP contribution in [0.3, 0.4) is 0 Å². The highest BCUT2D eigenvalue weighted by Crippen LogP contribution is 2.09. The predicted molar refractivity (Wildman–Crippen MR) is 62.2 cm³/mol. The first-order valence-electron chi connectivity index (χ1n) is 4.60. The van der Waals surface area contributed by atoms with Gasteiger partial charge in [-0.3, -0.25) is 4.79 Å². The van der Waals surface area contributed by atoms with Crippen molar-refractivity contribution in [2.75, 3.05) is 11.2 Å². The summed E-state index contributed by atoms with van der Waals surface area (Å²) in [5.41, 5.74) is 6.48. The number of rotatable bonds is 4. The molecule has 4 N–H and O–H groups in total. The third-order valence-electron chi connectivity index (χ3n) is 1.83. The summed E-state index contributed by atoms with van der Waals surface area (Å²) in [5, 5.41) is 5.06. The van der Waals surface area contributed by atoms with E-state index in [-0.39, 0.29) is 11.8 Å². The molecule has 0 bridgehead atoms. The number of carbonyl (C=O) groups is 2. The molecular weight excluding hydrogens is 230 g/mol. The van der Waals surface area contributed by atoms with Crippen LogP contribution in [0.1, 0.15) is 5.56 Å². The molecule has 16 heavy (non-hydrogen) atoms. The zero-order chi connectivity index (χ0) is 12.0. The Morgan fingerprint density at radius 3 is 2.38 bits per heavy atom. The van der Waals surface area contributed by atoms with E-state index in [0.717, 1.165) is 5.56 Å². The van der Waals surface area contributed by atoms with Crippen LogP contribution in [0.4, 0.5) is 10.5 Å². The number of urea groups is 1. The number of amides is 3. The van der Waals surface area contributed by atoms with Crippen LogP contribution >= 0.6 is 11.6 Å². The number of hydrogen-bond acceptors (Lipinski definition) is 2. The van der Waals surface area contributed by atoms with E-state index in [1.54, 1.807) is 24.3 Å². The quantitative estimate of drug-likeness (QED) is 0.688. The third-order valence-corrected chi connectivity index (χ3v) is 2.07. The number of carbonyl (C=O) groups excluding carboxylic acids is 2. The van der Waals surface area contributed by atoms with Crippen LogP contribution in [0.25, 0.3) is 0 Å². The maximum atomic E-state index is 11.0. The van der Waals surface area contributed by atoms with Gasteiger partial charge in [0.2, 0.25) is 5.91 Å². The average molecular weight is 242 g/mol. The van der Waals surface area contributed by atoms with Crippen molar-refractivity contribution in [1.82, 2.24) is 5.32 Å². The van der Waals surface area contributed by atoms with E-state index in [1.165, 1.54) is 0 Å². The summed E-state index contributed by atoms with van der Waals surface area (Å²) in [5.74, 6) is -0.338. The molecule has 0 aliphatic heterocycles. The minimum atomic E-state index is -0.570. The summed E-state index contributed by atoms with van der Waals surface area (Å²) in [7, 11) is 0. The third kappa shape index (κ3) is 4.18. The summed E-state index contributed by atoms with van der Waals surface area (Å²) in [6.07, 6.45) is 0. The second-order valence-electron chi connectivity index (χ2n) is 3.10. The van der Waals surface area contributed by atoms with E-state index < -0.39 is 6.03 Å². The second-order valence-corrected chi connectivity index (χ2v) is 3.36. The molecule has 0 saturated heterocycles. The van der Waals surface area contributed by atoms with Gasteiger partial charge in [0.05, 0.1) is 0 Å². The fourth-order valence-corrected chi connectivity index (χ4v) is 1.16. The molecule has 0 heterocycles. The second kappa shape index (κ2) is 5.97. The zero-order valence-corrected chi connectivity index (χ0v) is 9.25. The molecule has 1 aromatic rings. The highest BCUT2D eigenvalue weighted by atomic mass is 35.5. The largest absolute Gasteiger partial charge is 0.352 e. The van der Waals surface area contributed by atoms with Crippen molar-refractivity contribution >= 4 is 29.2 Å². The van der Waals surface area contributed by atoms with Crippen LogP contribution in [0.15, 0.2) is 24.3 Å². The van der Waals surface area contributed by atoms with Crippen molar-refractivity contribution in [3.8, 4) is 0 Å². The van der Waals surface area contributed by atoms with Gasteiger partial charge in [-0.15, -0.1) is 11.6 Å². The van der Waals surface area contributed by atoms with Gasteiger partial charge in [-0.1, -0.05) is 12.1 Å². The van der Waals surface area contributed by atoms with Gasteiger partial charge in [-0.2, -0.15) is 0 Å². The summed E-state index contributed by atoms with van der Waals surface area (Å²) in [6.45, 7) is 0.360. The normalized spacial score (nSPS) is 9.56. The van der Waals surface area contributed by atoms with E-state index in [4.69, 9.17) is 17.3 Å². The highest BCUT2D eigenvalue weighted by Gasteiger charge is 2.00. The minimum Gasteiger partial charge on any atom is -0.352 e. The molecule has 1 rings (SSSR count). The topological polar surface area (TPSA) is 84.2 Å². The number of primary amides is 1. The lowest BCUT2D eigenvalue weighted by Crippen LogP contribution is -2.28. The number of nitrogens with one attached hydrogen (secondary N) is 2. The van der Waals surface area contributed by atoms with Crippen molar-refractivity contribution in [3.05, 3.63) is 29.8 Å². The van der Waals surface area contributed by atoms with Gasteiger partial charge in [-0.05, 0) is 17.7 Å². The number of halogens is 1. The van der Waals surface area contributed by atoms with Gasteiger partial charge in [0.1, 0.15) is 5.88 Å². The molecule has 5 nitrogen and oxygen atoms in total. The van der Waals surface area contributed by atoms with Crippen molar-refractivity contribution < 1.29 is 9.59 Å². The molecule has 0 aliphatic carbocycles. The Morgan fingerprint density at radius 1 is 1.25 bits per heavy atom. The SMILES string of the molecule is NC(=O)NCc1ccc(NC(=O)CCl)cc1. The van der Waals surface area contributed by atoms with Crippen molar-refractivity contribution in [2.24, 2.45) is 5.73 Å². The van der Waals surface area contributed by atoms with Crippen LogP contribution < -0.4 is 16.4 Å². The smallest absolute Gasteiger partial charge is 0.312 e. The number of alkyl halides is 1. The first kappa shape index (κ1) is 12.3. The van der Waals surface area contributed by atoms with E-state index in [0.29, 0.717) is 12.2 Å². The van der Waals surface area contributed by atoms with Crippen LogP contribution in [0, 0.1) is 0 Å². The molecule has 6 heteroatoms. The van der Waals surface area contributed by atoms with Crippen molar-refractivity contribution in [2.45, 2.75) is 6.54 Å². The van der Waals surface area contributed by atoms with Crippen LogP contribution in [-0.2, 0) is 11.3 Å². The molecule has 0 fully saturated rings. The molecule has 0 aromatic heterocycles. The Labute approximate surface area is 98.0 Å². The zero-order valence-electron chi connectivity index (χ0n) is 8.50. The Hall–Kier alpha value is -1.75. The summed E-state index contributed by atoms with van der Waals surface area (Å²) >= 11 is 5.34. The fraction of sp³-hybridized carbons (Fsp3) is 0.200. The molecule has 0 radical (unpaired) electrons. The highest BCUT2D eigenvalue weighted by molar-refractivity contribution is 6.29. The van der Waals surface area contributed by atoms with Gasteiger partial charge < -0.3 is 16.4 Å². The monoisotopic (exact) mass is 241 g/mol. The summed E-state index contributed by atoms with van der Waals surface area (Å²) in [6, 6.07) is 6.43. The fourth-order valence-electron chi connectivity index (χ4n) is 1.09. The molecule has 3 amide bonds. The van der Waals surface area contributed by atoms with Crippen molar-refractivity contribution in [3.63, 3.8) is 0 Å². The molecule has 0 aliphatic rings. The van der Waals surface area contributed by atoms with Crippen LogP contribution in [0.2, 0.25) is 0 Å². The average Bonchev–Trinajstić information content (AvgIpc) is 2.28. The van der Waals surface area contributed by atoms with E-state index >= 15 is 0 Å². The molecule has 1 aromatic carbocycles. The predicted octanol–water partition coefficient (Wildman–Crippen LogP) is 1.03. The van der Waals surface area contributed by atoms with Gasteiger partial charge in [0.15, 0.2) is 0 Å². The molecule has 0 spiro atoms. The maximum absolute atomic E-state index is 11.0. The van der Waals surface area contributed by atoms with Crippen molar-refractivity contribution in [1.29, 1.82) is 0 Å². The van der Waals surface area contributed by atoms with E-state index in [9.17, 15) is 9.59 Å². The number of benzene rings is 1. The van der Waals surface area contributed by atoms with Crippen LogP contribution in [-0.4, -0.2) is 17.8 Å². The molecular formula is C10H12ClN3O2. The standard InChI is InChI=1S/C10H12ClN3O2/c11-5-9(15)14-8-3-1-7(2-4-8)6-13-10(12)16/h1-4H,5-6H2,(H,14,15)(H3,12,13,16). The van der Waals surface area contributed by atoms with Gasteiger partial charge in [-0.25, -0.2) is 4.79 Å². The molecule has 0 atom stereocenters. The maximum Gasteiger partial charge on any atom is 0.312 e. The summed E-state index contributed by atoms with van der Waals surface area (Å²) < 4.78 is 0. The Balaban J connectivity index is 2.54. The molecule has 0 saturated carbocycles. The minimum absolute atomic E-state index is 0.0784. The number of hydrogen-bond donors (Lipinski definition) is 3. The lowest BCUT2D eigenvalue weighted by molar-refractivity contribution is -0.113. The summed E-state index contributed by atoms with van der Waals surface area (Å²) in [4.78, 5) is 21.4. The number of anilines is 1. The van der Waals surface area contributed by atoms with Gasteiger partial charge in [0.25, 0.3) is 0 Å². The Kier molecular flexibility index (Phi) is 4.60. The first-order chi connectivity index (χ1) is 7.61. The Bertz CT molecular complexity index is 378. The first-order valence-corrected chi connectivity index (χ1v) is 5.13.